The van der Waals surface area contributed by atoms with E-state index in [2.05, 4.69) is 17.2 Å². The molecule has 0 heterocycles. The summed E-state index contributed by atoms with van der Waals surface area (Å²) in [5.74, 6) is 2.67. The van der Waals surface area contributed by atoms with Crippen LogP contribution in [0.25, 0.3) is 0 Å². The van der Waals surface area contributed by atoms with Crippen molar-refractivity contribution in [1.82, 2.24) is 5.32 Å². The summed E-state index contributed by atoms with van der Waals surface area (Å²) in [5, 5.41) is 3.30. The van der Waals surface area contributed by atoms with Crippen molar-refractivity contribution >= 4 is 5.96 Å². The Morgan fingerprint density at radius 1 is 1.38 bits per heavy atom. The van der Waals surface area contributed by atoms with E-state index in [-0.39, 0.29) is 0 Å². The average molecular weight is 181 g/mol. The van der Waals surface area contributed by atoms with Gasteiger partial charge in [0.25, 0.3) is 0 Å². The molecule has 13 heavy (non-hydrogen) atoms. The van der Waals surface area contributed by atoms with Gasteiger partial charge >= 0.3 is 0 Å². The first-order chi connectivity index (χ1) is 6.29. The lowest BCUT2D eigenvalue weighted by molar-refractivity contribution is 0.557. The Morgan fingerprint density at radius 2 is 2.08 bits per heavy atom. The number of aliphatic imine (C=N–C) groups is 1. The number of nitrogens with two attached hydrogens (primary N) is 1. The molecule has 2 aliphatic carbocycles. The van der Waals surface area contributed by atoms with Gasteiger partial charge in [0.15, 0.2) is 5.96 Å². The lowest BCUT2D eigenvalue weighted by Crippen LogP contribution is -2.39. The van der Waals surface area contributed by atoms with Crippen molar-refractivity contribution in [2.45, 2.75) is 38.6 Å². The lowest BCUT2D eigenvalue weighted by atomic mass is 10.2. The molecule has 0 saturated heterocycles. The number of fused-ring (bicyclic) bond motifs is 1. The van der Waals surface area contributed by atoms with Crippen LogP contribution in [0.5, 0.6) is 0 Å². The zero-order valence-electron chi connectivity index (χ0n) is 8.29. The third kappa shape index (κ3) is 2.14. The predicted molar refractivity (Wildman–Crippen MR) is 54.5 cm³/mol. The Balaban J connectivity index is 1.71. The molecule has 2 saturated carbocycles. The van der Waals surface area contributed by atoms with E-state index in [0.717, 1.165) is 24.8 Å². The minimum Gasteiger partial charge on any atom is -0.370 e. The highest BCUT2D eigenvalue weighted by Crippen LogP contribution is 2.51. The van der Waals surface area contributed by atoms with Crippen molar-refractivity contribution in [3.8, 4) is 0 Å². The van der Waals surface area contributed by atoms with Crippen LogP contribution in [0.4, 0.5) is 0 Å². The summed E-state index contributed by atoms with van der Waals surface area (Å²) in [7, 11) is 0. The van der Waals surface area contributed by atoms with Crippen molar-refractivity contribution in [3.63, 3.8) is 0 Å². The molecule has 0 bridgehead atoms. The highest BCUT2D eigenvalue weighted by atomic mass is 15.1. The fraction of sp³-hybridized carbons (Fsp3) is 0.900. The summed E-state index contributed by atoms with van der Waals surface area (Å²) in [5.41, 5.74) is 5.74. The fourth-order valence-corrected chi connectivity index (χ4v) is 2.32. The quantitative estimate of drug-likeness (QED) is 0.506. The van der Waals surface area contributed by atoms with Crippen molar-refractivity contribution < 1.29 is 0 Å². The summed E-state index contributed by atoms with van der Waals surface area (Å²) in [6, 6.07) is 0.615. The molecule has 2 unspecified atom stereocenters. The zero-order valence-corrected chi connectivity index (χ0v) is 8.29. The van der Waals surface area contributed by atoms with E-state index in [1.165, 1.54) is 19.3 Å². The van der Waals surface area contributed by atoms with E-state index >= 15 is 0 Å². The molecule has 0 aliphatic heterocycles. The largest absolute Gasteiger partial charge is 0.370 e. The van der Waals surface area contributed by atoms with E-state index in [0.29, 0.717) is 12.0 Å². The Bertz CT molecular complexity index is 202. The summed E-state index contributed by atoms with van der Waals surface area (Å²) in [6.07, 6.45) is 5.16. The normalized spacial score (nSPS) is 37.3. The van der Waals surface area contributed by atoms with Gasteiger partial charge in [0.05, 0.1) is 0 Å². The molecule has 3 N–H and O–H groups in total. The summed E-state index contributed by atoms with van der Waals surface area (Å²) in [6.45, 7) is 2.96. The second-order valence-corrected chi connectivity index (χ2v) is 4.34. The van der Waals surface area contributed by atoms with Crippen LogP contribution in [-0.4, -0.2) is 18.5 Å². The SMILES string of the molecule is CCCN=C(N)NC1CC2CC2C1. The Hall–Kier alpha value is -0.730. The fourth-order valence-electron chi connectivity index (χ4n) is 2.32. The maximum absolute atomic E-state index is 5.74. The first-order valence-corrected chi connectivity index (χ1v) is 5.36. The van der Waals surface area contributed by atoms with Gasteiger partial charge in [-0.15, -0.1) is 0 Å². The third-order valence-corrected chi connectivity index (χ3v) is 3.10. The summed E-state index contributed by atoms with van der Waals surface area (Å²) < 4.78 is 0. The van der Waals surface area contributed by atoms with Gasteiger partial charge < -0.3 is 11.1 Å². The van der Waals surface area contributed by atoms with Crippen molar-refractivity contribution in [2.75, 3.05) is 6.54 Å². The molecule has 2 rings (SSSR count). The molecule has 2 atom stereocenters. The van der Waals surface area contributed by atoms with Crippen LogP contribution in [-0.2, 0) is 0 Å². The van der Waals surface area contributed by atoms with Crippen LogP contribution < -0.4 is 11.1 Å². The minimum absolute atomic E-state index is 0.615. The zero-order chi connectivity index (χ0) is 9.26. The molecule has 0 amide bonds. The second kappa shape index (κ2) is 3.56. The number of guanidine groups is 1. The maximum atomic E-state index is 5.74. The molecule has 0 aromatic heterocycles. The monoisotopic (exact) mass is 181 g/mol. The van der Waals surface area contributed by atoms with Crippen LogP contribution in [0.3, 0.4) is 0 Å². The predicted octanol–water partition coefficient (Wildman–Crippen LogP) is 1.10. The average Bonchev–Trinajstić information content (AvgIpc) is 2.71. The van der Waals surface area contributed by atoms with Gasteiger partial charge in [-0.25, -0.2) is 0 Å². The van der Waals surface area contributed by atoms with Crippen LogP contribution in [0, 0.1) is 11.8 Å². The molecule has 0 aromatic carbocycles. The summed E-state index contributed by atoms with van der Waals surface area (Å²) >= 11 is 0. The van der Waals surface area contributed by atoms with Crippen molar-refractivity contribution in [2.24, 2.45) is 22.6 Å². The van der Waals surface area contributed by atoms with Gasteiger partial charge in [-0.3, -0.25) is 4.99 Å². The molecular weight excluding hydrogens is 162 g/mol. The van der Waals surface area contributed by atoms with Gasteiger partial charge in [-0.2, -0.15) is 0 Å². The maximum Gasteiger partial charge on any atom is 0.188 e. The molecule has 74 valence electrons. The highest BCUT2D eigenvalue weighted by Gasteiger charge is 2.45. The molecule has 0 radical (unpaired) electrons. The smallest absolute Gasteiger partial charge is 0.188 e. The van der Waals surface area contributed by atoms with Gasteiger partial charge in [-0.1, -0.05) is 6.92 Å². The topological polar surface area (TPSA) is 50.4 Å². The number of rotatable bonds is 3. The Labute approximate surface area is 79.8 Å². The number of nitrogens with one attached hydrogen (secondary N) is 1. The van der Waals surface area contributed by atoms with E-state index < -0.39 is 0 Å². The van der Waals surface area contributed by atoms with E-state index in [1.54, 1.807) is 0 Å². The van der Waals surface area contributed by atoms with Crippen LogP contribution in [0.1, 0.15) is 32.6 Å². The van der Waals surface area contributed by atoms with Crippen molar-refractivity contribution in [1.29, 1.82) is 0 Å². The number of hydrogen-bond donors (Lipinski definition) is 2. The summed E-state index contributed by atoms with van der Waals surface area (Å²) in [4.78, 5) is 4.23. The van der Waals surface area contributed by atoms with Gasteiger partial charge in [0, 0.05) is 12.6 Å². The number of hydrogen-bond acceptors (Lipinski definition) is 1. The molecule has 3 heteroatoms. The van der Waals surface area contributed by atoms with E-state index in [9.17, 15) is 0 Å². The molecule has 2 aliphatic rings. The van der Waals surface area contributed by atoms with Crippen LogP contribution in [0.2, 0.25) is 0 Å². The number of nitrogens with zero attached hydrogens (tertiary/aromatic N) is 1. The first kappa shape index (κ1) is 8.85. The van der Waals surface area contributed by atoms with Crippen LogP contribution in [0.15, 0.2) is 4.99 Å². The van der Waals surface area contributed by atoms with Crippen LogP contribution >= 0.6 is 0 Å². The van der Waals surface area contributed by atoms with E-state index in [4.69, 9.17) is 5.73 Å². The Kier molecular flexibility index (Phi) is 2.42. The standard InChI is InChI=1S/C10H19N3/c1-2-3-12-10(11)13-9-5-7-4-8(7)6-9/h7-9H,2-6H2,1H3,(H3,11,12,13). The molecule has 0 aromatic rings. The second-order valence-electron chi connectivity index (χ2n) is 4.34. The van der Waals surface area contributed by atoms with Gasteiger partial charge in [0.2, 0.25) is 0 Å². The van der Waals surface area contributed by atoms with Crippen molar-refractivity contribution in [3.05, 3.63) is 0 Å². The highest BCUT2D eigenvalue weighted by molar-refractivity contribution is 5.78. The molecule has 3 nitrogen and oxygen atoms in total. The molecule has 2 fully saturated rings. The molecular formula is C10H19N3. The van der Waals surface area contributed by atoms with Gasteiger partial charge in [0.1, 0.15) is 0 Å². The lowest BCUT2D eigenvalue weighted by Gasteiger charge is -2.14. The first-order valence-electron chi connectivity index (χ1n) is 5.36. The van der Waals surface area contributed by atoms with E-state index in [1.807, 2.05) is 0 Å². The van der Waals surface area contributed by atoms with Gasteiger partial charge in [-0.05, 0) is 37.5 Å². The minimum atomic E-state index is 0.615. The Morgan fingerprint density at radius 3 is 2.69 bits per heavy atom. The molecule has 0 spiro atoms. The third-order valence-electron chi connectivity index (χ3n) is 3.10.